The van der Waals surface area contributed by atoms with Crippen LogP contribution in [0.5, 0.6) is 0 Å². The van der Waals surface area contributed by atoms with Crippen molar-refractivity contribution in [2.24, 2.45) is 0 Å². The summed E-state index contributed by atoms with van der Waals surface area (Å²) in [5.41, 5.74) is 0.726. The molecule has 0 saturated carbocycles. The number of hydrogen-bond donors (Lipinski definition) is 1. The van der Waals surface area contributed by atoms with E-state index in [4.69, 9.17) is 40.1 Å². The molecule has 0 aromatic heterocycles. The number of hydrogen-bond acceptors (Lipinski definition) is 3. The van der Waals surface area contributed by atoms with Gasteiger partial charge < -0.3 is 5.32 Å². The van der Waals surface area contributed by atoms with Crippen LogP contribution in [0.3, 0.4) is 0 Å². The highest BCUT2D eigenvalue weighted by Gasteiger charge is 2.11. The van der Waals surface area contributed by atoms with Crippen LogP contribution in [0, 0.1) is 11.3 Å². The van der Waals surface area contributed by atoms with Gasteiger partial charge in [-0.15, -0.1) is 11.8 Å². The van der Waals surface area contributed by atoms with Gasteiger partial charge in [-0.1, -0.05) is 40.9 Å². The van der Waals surface area contributed by atoms with E-state index in [0.717, 1.165) is 0 Å². The molecular formula is C15H9Cl3N2OS. The number of benzene rings is 2. The first kappa shape index (κ1) is 17.0. The molecule has 2 aromatic rings. The summed E-state index contributed by atoms with van der Waals surface area (Å²) in [6.07, 6.45) is 0. The number of carbonyl (C=O) groups is 1. The Morgan fingerprint density at radius 3 is 2.50 bits per heavy atom. The fourth-order valence-corrected chi connectivity index (χ4v) is 3.32. The topological polar surface area (TPSA) is 52.9 Å². The van der Waals surface area contributed by atoms with Crippen LogP contribution in [0.4, 0.5) is 5.69 Å². The molecular weight excluding hydrogens is 363 g/mol. The number of anilines is 1. The second-order valence-corrected chi connectivity index (χ2v) is 6.43. The Labute approximate surface area is 147 Å². The van der Waals surface area contributed by atoms with E-state index in [9.17, 15) is 4.79 Å². The van der Waals surface area contributed by atoms with Gasteiger partial charge in [0, 0.05) is 9.92 Å². The van der Waals surface area contributed by atoms with Crippen molar-refractivity contribution >= 4 is 58.2 Å². The monoisotopic (exact) mass is 370 g/mol. The first-order valence-electron chi connectivity index (χ1n) is 6.07. The molecule has 0 aliphatic rings. The summed E-state index contributed by atoms with van der Waals surface area (Å²) in [4.78, 5) is 12.7. The van der Waals surface area contributed by atoms with E-state index in [2.05, 4.69) is 5.32 Å². The average Bonchev–Trinajstić information content (AvgIpc) is 2.47. The summed E-state index contributed by atoms with van der Waals surface area (Å²) < 4.78 is 0. The van der Waals surface area contributed by atoms with Crippen LogP contribution < -0.4 is 5.32 Å². The van der Waals surface area contributed by atoms with Crippen molar-refractivity contribution in [3.8, 4) is 6.07 Å². The number of nitrogens with one attached hydrogen (secondary N) is 1. The molecule has 0 spiro atoms. The van der Waals surface area contributed by atoms with Crippen LogP contribution in [-0.4, -0.2) is 11.7 Å². The molecule has 0 aliphatic heterocycles. The lowest BCUT2D eigenvalue weighted by Gasteiger charge is -2.09. The van der Waals surface area contributed by atoms with Crippen molar-refractivity contribution in [1.29, 1.82) is 5.26 Å². The maximum absolute atomic E-state index is 12.0. The van der Waals surface area contributed by atoms with Crippen molar-refractivity contribution in [3.63, 3.8) is 0 Å². The Balaban J connectivity index is 2.05. The maximum Gasteiger partial charge on any atom is 0.234 e. The standard InChI is InChI=1S/C15H9Cl3N2OS/c16-10-5-4-9(7-19)13(6-10)20-14(21)8-22-15-11(17)2-1-3-12(15)18/h1-6H,8H2,(H,20,21). The summed E-state index contributed by atoms with van der Waals surface area (Å²) >= 11 is 19.2. The van der Waals surface area contributed by atoms with Crippen LogP contribution >= 0.6 is 46.6 Å². The van der Waals surface area contributed by atoms with E-state index in [1.54, 1.807) is 30.3 Å². The van der Waals surface area contributed by atoms with Crippen LogP contribution in [-0.2, 0) is 4.79 Å². The largest absolute Gasteiger partial charge is 0.324 e. The minimum atomic E-state index is -0.278. The fourth-order valence-electron chi connectivity index (χ4n) is 1.66. The van der Waals surface area contributed by atoms with Gasteiger partial charge in [-0.3, -0.25) is 4.79 Å². The Bertz CT molecular complexity index is 739. The predicted octanol–water partition coefficient (Wildman–Crippen LogP) is 5.25. The summed E-state index contributed by atoms with van der Waals surface area (Å²) in [5, 5.41) is 13.1. The third-order valence-electron chi connectivity index (χ3n) is 2.64. The highest BCUT2D eigenvalue weighted by atomic mass is 35.5. The number of nitrogens with zero attached hydrogens (tertiary/aromatic N) is 1. The molecule has 0 bridgehead atoms. The van der Waals surface area contributed by atoms with E-state index in [0.29, 0.717) is 31.2 Å². The van der Waals surface area contributed by atoms with E-state index >= 15 is 0 Å². The van der Waals surface area contributed by atoms with E-state index in [-0.39, 0.29) is 11.7 Å². The van der Waals surface area contributed by atoms with Crippen molar-refractivity contribution in [3.05, 3.63) is 57.0 Å². The highest BCUT2D eigenvalue weighted by molar-refractivity contribution is 8.00. The normalized spacial score (nSPS) is 10.1. The van der Waals surface area contributed by atoms with Crippen LogP contribution in [0.15, 0.2) is 41.3 Å². The van der Waals surface area contributed by atoms with Crippen LogP contribution in [0.2, 0.25) is 15.1 Å². The molecule has 0 aliphatic carbocycles. The van der Waals surface area contributed by atoms with Crippen molar-refractivity contribution in [2.45, 2.75) is 4.90 Å². The minimum absolute atomic E-state index is 0.112. The van der Waals surface area contributed by atoms with Gasteiger partial charge in [0.2, 0.25) is 5.91 Å². The van der Waals surface area contributed by atoms with E-state index in [1.165, 1.54) is 17.8 Å². The molecule has 7 heteroatoms. The molecule has 0 atom stereocenters. The second kappa shape index (κ2) is 7.75. The highest BCUT2D eigenvalue weighted by Crippen LogP contribution is 2.33. The zero-order valence-electron chi connectivity index (χ0n) is 11.1. The Morgan fingerprint density at radius 2 is 1.86 bits per heavy atom. The number of carbonyl (C=O) groups excluding carboxylic acids is 1. The number of halogens is 3. The van der Waals surface area contributed by atoms with Crippen LogP contribution in [0.1, 0.15) is 5.56 Å². The van der Waals surface area contributed by atoms with Gasteiger partial charge >= 0.3 is 0 Å². The molecule has 0 heterocycles. The quantitative estimate of drug-likeness (QED) is 0.747. The Morgan fingerprint density at radius 1 is 1.18 bits per heavy atom. The van der Waals surface area contributed by atoms with E-state index in [1.807, 2.05) is 6.07 Å². The maximum atomic E-state index is 12.0. The van der Waals surface area contributed by atoms with Crippen molar-refractivity contribution < 1.29 is 4.79 Å². The molecule has 0 saturated heterocycles. The molecule has 0 unspecified atom stereocenters. The number of nitriles is 1. The van der Waals surface area contributed by atoms with Gasteiger partial charge in [0.1, 0.15) is 6.07 Å². The van der Waals surface area contributed by atoms with Gasteiger partial charge in [-0.05, 0) is 30.3 Å². The molecule has 22 heavy (non-hydrogen) atoms. The molecule has 0 radical (unpaired) electrons. The van der Waals surface area contributed by atoms with Gasteiger partial charge in [0.05, 0.1) is 27.0 Å². The number of rotatable bonds is 4. The Hall–Kier alpha value is -1.38. The lowest BCUT2D eigenvalue weighted by molar-refractivity contribution is -0.113. The Kier molecular flexibility index (Phi) is 5.98. The van der Waals surface area contributed by atoms with Gasteiger partial charge in [0.15, 0.2) is 0 Å². The van der Waals surface area contributed by atoms with Gasteiger partial charge in [0.25, 0.3) is 0 Å². The zero-order chi connectivity index (χ0) is 16.1. The molecule has 1 N–H and O–H groups in total. The summed E-state index contributed by atoms with van der Waals surface area (Å²) in [7, 11) is 0. The molecule has 3 nitrogen and oxygen atoms in total. The van der Waals surface area contributed by atoms with E-state index < -0.39 is 0 Å². The fraction of sp³-hybridized carbons (Fsp3) is 0.0667. The van der Waals surface area contributed by atoms with Crippen LogP contribution in [0.25, 0.3) is 0 Å². The molecule has 1 amide bonds. The molecule has 0 fully saturated rings. The third-order valence-corrected chi connectivity index (χ3v) is 4.87. The predicted molar refractivity (Wildman–Crippen MR) is 92.0 cm³/mol. The second-order valence-electron chi connectivity index (χ2n) is 4.19. The minimum Gasteiger partial charge on any atom is -0.324 e. The number of amides is 1. The van der Waals surface area contributed by atoms with Crippen molar-refractivity contribution in [2.75, 3.05) is 11.1 Å². The third kappa shape index (κ3) is 4.31. The molecule has 2 aromatic carbocycles. The zero-order valence-corrected chi connectivity index (χ0v) is 14.2. The molecule has 112 valence electrons. The first-order chi connectivity index (χ1) is 10.5. The summed E-state index contributed by atoms with van der Waals surface area (Å²) in [6, 6.07) is 11.8. The summed E-state index contributed by atoms with van der Waals surface area (Å²) in [6.45, 7) is 0. The number of thioether (sulfide) groups is 1. The summed E-state index contributed by atoms with van der Waals surface area (Å²) in [5.74, 6) is -0.166. The lowest BCUT2D eigenvalue weighted by Crippen LogP contribution is -2.15. The average molecular weight is 372 g/mol. The van der Waals surface area contributed by atoms with Gasteiger partial charge in [-0.2, -0.15) is 5.26 Å². The SMILES string of the molecule is N#Cc1ccc(Cl)cc1NC(=O)CSc1c(Cl)cccc1Cl. The van der Waals surface area contributed by atoms with Gasteiger partial charge in [-0.25, -0.2) is 0 Å². The lowest BCUT2D eigenvalue weighted by atomic mass is 10.2. The molecule has 2 rings (SSSR count). The van der Waals surface area contributed by atoms with Crippen molar-refractivity contribution in [1.82, 2.24) is 0 Å². The first-order valence-corrected chi connectivity index (χ1v) is 8.19. The smallest absolute Gasteiger partial charge is 0.234 e.